The van der Waals surface area contributed by atoms with Crippen molar-refractivity contribution in [3.05, 3.63) is 36.1 Å². The van der Waals surface area contributed by atoms with Crippen molar-refractivity contribution in [1.82, 2.24) is 14.1 Å². The molecule has 0 fully saturated rings. The molecule has 0 aliphatic rings. The predicted molar refractivity (Wildman–Crippen MR) is 96.5 cm³/mol. The summed E-state index contributed by atoms with van der Waals surface area (Å²) >= 11 is 0. The molecular formula is C17H21N5O4. The Morgan fingerprint density at radius 2 is 1.92 bits per heavy atom. The highest BCUT2D eigenvalue weighted by Crippen LogP contribution is 2.16. The summed E-state index contributed by atoms with van der Waals surface area (Å²) < 4.78 is 8.11. The Kier molecular flexibility index (Phi) is 5.94. The minimum atomic E-state index is -0.433. The van der Waals surface area contributed by atoms with Crippen molar-refractivity contribution in [3.63, 3.8) is 0 Å². The number of aromatic nitrogens is 3. The van der Waals surface area contributed by atoms with E-state index in [1.807, 2.05) is 0 Å². The van der Waals surface area contributed by atoms with Crippen LogP contribution in [0.2, 0.25) is 0 Å². The number of nitrogens with zero attached hydrogens (tertiary/aromatic N) is 3. The van der Waals surface area contributed by atoms with Gasteiger partial charge >= 0.3 is 5.97 Å². The lowest BCUT2D eigenvalue weighted by Gasteiger charge is -2.01. The van der Waals surface area contributed by atoms with E-state index in [0.29, 0.717) is 23.8 Å². The van der Waals surface area contributed by atoms with E-state index in [4.69, 9.17) is 4.74 Å². The molecule has 0 atom stereocenters. The monoisotopic (exact) mass is 359 g/mol. The number of carbonyl (C=O) groups excluding carboxylic acids is 3. The van der Waals surface area contributed by atoms with Gasteiger partial charge in [0.1, 0.15) is 0 Å². The molecule has 0 aromatic carbocycles. The van der Waals surface area contributed by atoms with Crippen LogP contribution in [0.5, 0.6) is 0 Å². The lowest BCUT2D eigenvalue weighted by Crippen LogP contribution is -2.16. The van der Waals surface area contributed by atoms with E-state index >= 15 is 0 Å². The number of hydrogen-bond donors (Lipinski definition) is 2. The van der Waals surface area contributed by atoms with Gasteiger partial charge in [-0.15, -0.1) is 0 Å². The van der Waals surface area contributed by atoms with Crippen molar-refractivity contribution < 1.29 is 19.1 Å². The maximum absolute atomic E-state index is 12.4. The standard InChI is InChI=1S/C17H21N5O4/c1-5-26-15(24)7-6-13-8-12(9-21(13)3)19-17(25)16-20-14(10-22(16)4)18-11(2)23/h6-10H,5H2,1-4H3,(H,18,23)(H,19,25)/b7-6+. The molecule has 0 spiro atoms. The van der Waals surface area contributed by atoms with Crippen LogP contribution in [0.3, 0.4) is 0 Å². The number of esters is 1. The smallest absolute Gasteiger partial charge is 0.330 e. The normalized spacial score (nSPS) is 10.8. The van der Waals surface area contributed by atoms with Gasteiger partial charge in [0.25, 0.3) is 5.91 Å². The topological polar surface area (TPSA) is 107 Å². The summed E-state index contributed by atoms with van der Waals surface area (Å²) in [5, 5.41) is 5.26. The zero-order valence-electron chi connectivity index (χ0n) is 15.1. The van der Waals surface area contributed by atoms with Crippen molar-refractivity contribution >= 4 is 35.4 Å². The summed E-state index contributed by atoms with van der Waals surface area (Å²) in [5.74, 6) is -0.665. The molecule has 0 saturated heterocycles. The minimum Gasteiger partial charge on any atom is -0.463 e. The zero-order chi connectivity index (χ0) is 19.3. The highest BCUT2D eigenvalue weighted by Gasteiger charge is 2.15. The predicted octanol–water partition coefficient (Wildman–Crippen LogP) is 1.55. The van der Waals surface area contributed by atoms with Crippen molar-refractivity contribution in [2.45, 2.75) is 13.8 Å². The summed E-state index contributed by atoms with van der Waals surface area (Å²) in [7, 11) is 3.45. The fourth-order valence-electron chi connectivity index (χ4n) is 2.26. The molecule has 0 radical (unpaired) electrons. The molecule has 2 aromatic heterocycles. The molecule has 2 rings (SSSR count). The Balaban J connectivity index is 2.10. The number of nitrogens with one attached hydrogen (secondary N) is 2. The van der Waals surface area contributed by atoms with Crippen LogP contribution in [-0.2, 0) is 28.4 Å². The van der Waals surface area contributed by atoms with Gasteiger partial charge in [0.15, 0.2) is 5.82 Å². The van der Waals surface area contributed by atoms with Crippen molar-refractivity contribution in [2.24, 2.45) is 14.1 Å². The molecule has 138 valence electrons. The van der Waals surface area contributed by atoms with Crippen LogP contribution in [-0.4, -0.2) is 38.5 Å². The van der Waals surface area contributed by atoms with Gasteiger partial charge in [-0.2, -0.15) is 0 Å². The van der Waals surface area contributed by atoms with Gasteiger partial charge in [-0.05, 0) is 19.1 Å². The first-order valence-corrected chi connectivity index (χ1v) is 7.93. The van der Waals surface area contributed by atoms with Gasteiger partial charge in [0, 0.05) is 45.2 Å². The Labute approximate surface area is 150 Å². The number of imidazole rings is 1. The Morgan fingerprint density at radius 1 is 1.19 bits per heavy atom. The second-order valence-corrected chi connectivity index (χ2v) is 5.55. The van der Waals surface area contributed by atoms with Crippen LogP contribution in [0.1, 0.15) is 30.2 Å². The van der Waals surface area contributed by atoms with E-state index in [2.05, 4.69) is 15.6 Å². The van der Waals surface area contributed by atoms with Crippen molar-refractivity contribution in [3.8, 4) is 0 Å². The number of ether oxygens (including phenoxy) is 1. The first kappa shape index (κ1) is 19.0. The third-order valence-electron chi connectivity index (χ3n) is 3.36. The quantitative estimate of drug-likeness (QED) is 0.601. The molecule has 2 aromatic rings. The number of anilines is 2. The Hall–Kier alpha value is -3.36. The number of rotatable bonds is 6. The van der Waals surface area contributed by atoms with E-state index in [1.165, 1.54) is 17.6 Å². The molecule has 0 bridgehead atoms. The van der Waals surface area contributed by atoms with Crippen LogP contribution in [0.25, 0.3) is 6.08 Å². The highest BCUT2D eigenvalue weighted by atomic mass is 16.5. The highest BCUT2D eigenvalue weighted by molar-refractivity contribution is 6.02. The molecule has 0 aliphatic carbocycles. The lowest BCUT2D eigenvalue weighted by molar-refractivity contribution is -0.137. The second kappa shape index (κ2) is 8.15. The second-order valence-electron chi connectivity index (χ2n) is 5.55. The molecule has 2 N–H and O–H groups in total. The average Bonchev–Trinajstić information content (AvgIpc) is 3.07. The van der Waals surface area contributed by atoms with E-state index in [1.54, 1.807) is 50.1 Å². The Morgan fingerprint density at radius 3 is 2.58 bits per heavy atom. The molecule has 0 saturated carbocycles. The Bertz CT molecular complexity index is 863. The largest absolute Gasteiger partial charge is 0.463 e. The summed E-state index contributed by atoms with van der Waals surface area (Å²) in [5.41, 5.74) is 1.26. The van der Waals surface area contributed by atoms with Crippen LogP contribution >= 0.6 is 0 Å². The lowest BCUT2D eigenvalue weighted by atomic mass is 10.3. The van der Waals surface area contributed by atoms with Crippen LogP contribution in [0.4, 0.5) is 11.5 Å². The van der Waals surface area contributed by atoms with Gasteiger partial charge in [0.2, 0.25) is 11.7 Å². The van der Waals surface area contributed by atoms with Crippen LogP contribution in [0, 0.1) is 0 Å². The van der Waals surface area contributed by atoms with Crippen molar-refractivity contribution in [2.75, 3.05) is 17.2 Å². The number of aryl methyl sites for hydroxylation is 2. The molecule has 9 heteroatoms. The van der Waals surface area contributed by atoms with Gasteiger partial charge in [-0.3, -0.25) is 9.59 Å². The number of carbonyl (C=O) groups is 3. The number of hydrogen-bond acceptors (Lipinski definition) is 5. The SMILES string of the molecule is CCOC(=O)/C=C/c1cc(NC(=O)c2nc(NC(C)=O)cn2C)cn1C. The zero-order valence-corrected chi connectivity index (χ0v) is 15.1. The average molecular weight is 359 g/mol. The van der Waals surface area contributed by atoms with Gasteiger partial charge in [0.05, 0.1) is 12.3 Å². The molecule has 2 heterocycles. The third kappa shape index (κ3) is 4.82. The van der Waals surface area contributed by atoms with Gasteiger partial charge in [-0.1, -0.05) is 0 Å². The fraction of sp³-hybridized carbons (Fsp3) is 0.294. The minimum absolute atomic E-state index is 0.154. The van der Waals surface area contributed by atoms with Gasteiger partial charge in [-0.25, -0.2) is 9.78 Å². The maximum atomic E-state index is 12.4. The summed E-state index contributed by atoms with van der Waals surface area (Å²) in [6, 6.07) is 1.71. The summed E-state index contributed by atoms with van der Waals surface area (Å²) in [6.45, 7) is 3.41. The molecule has 26 heavy (non-hydrogen) atoms. The van der Waals surface area contributed by atoms with Crippen molar-refractivity contribution in [1.29, 1.82) is 0 Å². The first-order valence-electron chi connectivity index (χ1n) is 7.93. The molecule has 9 nitrogen and oxygen atoms in total. The van der Waals surface area contributed by atoms with Crippen LogP contribution < -0.4 is 10.6 Å². The molecule has 0 aliphatic heterocycles. The number of amides is 2. The molecular weight excluding hydrogens is 338 g/mol. The fourth-order valence-corrected chi connectivity index (χ4v) is 2.26. The van der Waals surface area contributed by atoms with E-state index in [-0.39, 0.29) is 11.7 Å². The third-order valence-corrected chi connectivity index (χ3v) is 3.36. The van der Waals surface area contributed by atoms with E-state index in [0.717, 1.165) is 0 Å². The first-order chi connectivity index (χ1) is 12.3. The van der Waals surface area contributed by atoms with E-state index in [9.17, 15) is 14.4 Å². The summed E-state index contributed by atoms with van der Waals surface area (Å²) in [4.78, 5) is 39.0. The molecule has 0 unspecified atom stereocenters. The van der Waals surface area contributed by atoms with E-state index < -0.39 is 11.9 Å². The van der Waals surface area contributed by atoms with Gasteiger partial charge < -0.3 is 24.5 Å². The maximum Gasteiger partial charge on any atom is 0.330 e. The van der Waals surface area contributed by atoms with Crippen LogP contribution in [0.15, 0.2) is 24.5 Å². The molecule has 2 amide bonds. The summed E-state index contributed by atoms with van der Waals surface area (Å²) in [6.07, 6.45) is 6.18.